The monoisotopic (exact) mass is 349 g/mol. The summed E-state index contributed by atoms with van der Waals surface area (Å²) in [5, 5.41) is 0. The van der Waals surface area contributed by atoms with Crippen molar-refractivity contribution in [2.45, 2.75) is 49.5 Å². The van der Waals surface area contributed by atoms with Gasteiger partial charge < -0.3 is 10.5 Å². The molecule has 2 aliphatic rings. The van der Waals surface area contributed by atoms with Gasteiger partial charge in [0.25, 0.3) is 0 Å². The highest BCUT2D eigenvalue weighted by atomic mass is 32.1. The third-order valence-electron chi connectivity index (χ3n) is 4.62. The minimum Gasteiger partial charge on any atom is -0.447 e. The molecule has 1 aromatic heterocycles. The van der Waals surface area contributed by atoms with Gasteiger partial charge in [0.15, 0.2) is 0 Å². The number of likely N-dealkylation sites (tertiary alicyclic amines) is 1. The Bertz CT molecular complexity index is 550. The molecule has 0 atom stereocenters. The number of carbonyl (C=O) groups is 1. The van der Waals surface area contributed by atoms with Crippen LogP contribution in [0, 0.1) is 0 Å². The molecular weight excluding hydrogens is 331 g/mol. The molecule has 1 aliphatic carbocycles. The summed E-state index contributed by atoms with van der Waals surface area (Å²) < 4.78 is 42.8. The second-order valence-corrected chi connectivity index (χ2v) is 7.08. The number of nitrogens with two attached hydrogens (primary N) is 1. The van der Waals surface area contributed by atoms with Crippen LogP contribution in [0.15, 0.2) is 11.7 Å². The van der Waals surface area contributed by atoms with Crippen molar-refractivity contribution < 1.29 is 22.7 Å². The molecule has 0 radical (unpaired) electrons. The first-order chi connectivity index (χ1) is 10.8. The number of aromatic nitrogens is 1. The van der Waals surface area contributed by atoms with Gasteiger partial charge in [-0.25, -0.2) is 4.79 Å². The standard InChI is InChI=1S/C14H18F3N3O2S/c15-14(16,17)12(21)22-13(11-5-19-8-23-11)3-1-10(2-4-13)20-6-9(18)7-20/h5,8-10H,1-4,6-7,18H2. The van der Waals surface area contributed by atoms with E-state index in [-0.39, 0.29) is 6.04 Å². The van der Waals surface area contributed by atoms with Gasteiger partial charge in [-0.05, 0) is 25.7 Å². The second kappa shape index (κ2) is 6.03. The molecule has 2 fully saturated rings. The lowest BCUT2D eigenvalue weighted by Gasteiger charge is -2.47. The molecule has 0 aromatic carbocycles. The van der Waals surface area contributed by atoms with Gasteiger partial charge in [-0.3, -0.25) is 9.88 Å². The molecular formula is C14H18F3N3O2S. The highest BCUT2D eigenvalue weighted by Gasteiger charge is 2.50. The number of hydrogen-bond acceptors (Lipinski definition) is 6. The number of esters is 1. The molecule has 0 amide bonds. The Labute approximate surface area is 135 Å². The average molecular weight is 349 g/mol. The van der Waals surface area contributed by atoms with Crippen LogP contribution in [0.2, 0.25) is 0 Å². The normalized spacial score (nSPS) is 30.0. The van der Waals surface area contributed by atoms with Gasteiger partial charge >= 0.3 is 12.1 Å². The Morgan fingerprint density at radius 1 is 1.39 bits per heavy atom. The SMILES string of the molecule is NC1CN(C2CCC(OC(=O)C(F)(F)F)(c3cncs3)CC2)C1. The minimum absolute atomic E-state index is 0.186. The van der Waals surface area contributed by atoms with Crippen molar-refractivity contribution >= 4 is 17.3 Å². The van der Waals surface area contributed by atoms with E-state index in [4.69, 9.17) is 10.5 Å². The van der Waals surface area contributed by atoms with Crippen molar-refractivity contribution in [3.63, 3.8) is 0 Å². The van der Waals surface area contributed by atoms with E-state index < -0.39 is 17.7 Å². The fraction of sp³-hybridized carbons (Fsp3) is 0.714. The maximum absolute atomic E-state index is 12.6. The van der Waals surface area contributed by atoms with Gasteiger partial charge in [0.2, 0.25) is 0 Å². The molecule has 2 N–H and O–H groups in total. The first kappa shape index (κ1) is 16.7. The lowest BCUT2D eigenvalue weighted by Crippen LogP contribution is -2.60. The van der Waals surface area contributed by atoms with E-state index in [0.717, 1.165) is 13.1 Å². The van der Waals surface area contributed by atoms with Crippen LogP contribution in [0.5, 0.6) is 0 Å². The second-order valence-electron chi connectivity index (χ2n) is 6.19. The molecule has 1 aliphatic heterocycles. The highest BCUT2D eigenvalue weighted by Crippen LogP contribution is 2.44. The molecule has 0 spiro atoms. The topological polar surface area (TPSA) is 68.4 Å². The molecule has 2 heterocycles. The summed E-state index contributed by atoms with van der Waals surface area (Å²) >= 11 is 1.22. The van der Waals surface area contributed by atoms with Gasteiger partial charge in [-0.1, -0.05) is 0 Å². The van der Waals surface area contributed by atoms with Crippen molar-refractivity contribution in [1.29, 1.82) is 0 Å². The minimum atomic E-state index is -4.99. The van der Waals surface area contributed by atoms with Gasteiger partial charge in [0, 0.05) is 31.4 Å². The number of nitrogens with zero attached hydrogens (tertiary/aromatic N) is 2. The van der Waals surface area contributed by atoms with E-state index in [1.54, 1.807) is 5.51 Å². The zero-order valence-corrected chi connectivity index (χ0v) is 13.2. The summed E-state index contributed by atoms with van der Waals surface area (Å²) in [7, 11) is 0. The number of hydrogen-bond donors (Lipinski definition) is 1. The molecule has 9 heteroatoms. The summed E-state index contributed by atoms with van der Waals surface area (Å²) in [6.07, 6.45) is -1.40. The van der Waals surface area contributed by atoms with Crippen molar-refractivity contribution in [1.82, 2.24) is 9.88 Å². The summed E-state index contributed by atoms with van der Waals surface area (Å²) in [5.74, 6) is -2.13. The van der Waals surface area contributed by atoms with Crippen molar-refractivity contribution in [3.05, 3.63) is 16.6 Å². The van der Waals surface area contributed by atoms with Gasteiger partial charge in [0.1, 0.15) is 5.60 Å². The van der Waals surface area contributed by atoms with E-state index >= 15 is 0 Å². The number of ether oxygens (including phenoxy) is 1. The number of rotatable bonds is 3. The maximum atomic E-state index is 12.6. The quantitative estimate of drug-likeness (QED) is 0.846. The van der Waals surface area contributed by atoms with E-state index in [2.05, 4.69) is 9.88 Å². The maximum Gasteiger partial charge on any atom is 0.490 e. The highest BCUT2D eigenvalue weighted by molar-refractivity contribution is 7.09. The Balaban J connectivity index is 1.72. The third kappa shape index (κ3) is 3.36. The summed E-state index contributed by atoms with van der Waals surface area (Å²) in [4.78, 5) is 18.1. The fourth-order valence-electron chi connectivity index (χ4n) is 3.36. The Hall–Kier alpha value is -1.19. The zero-order valence-electron chi connectivity index (χ0n) is 12.4. The predicted molar refractivity (Wildman–Crippen MR) is 77.7 cm³/mol. The molecule has 3 rings (SSSR count). The van der Waals surface area contributed by atoms with Crippen LogP contribution in [-0.4, -0.2) is 47.2 Å². The van der Waals surface area contributed by atoms with Crippen LogP contribution in [0.4, 0.5) is 13.2 Å². The molecule has 1 saturated carbocycles. The van der Waals surface area contributed by atoms with E-state index in [1.807, 2.05) is 0 Å². The summed E-state index contributed by atoms with van der Waals surface area (Å²) in [6, 6.07) is 0.478. The zero-order chi connectivity index (χ0) is 16.7. The van der Waals surface area contributed by atoms with Crippen molar-refractivity contribution in [2.24, 2.45) is 5.73 Å². The Morgan fingerprint density at radius 2 is 2.04 bits per heavy atom. The van der Waals surface area contributed by atoms with Crippen LogP contribution < -0.4 is 5.73 Å². The lowest BCUT2D eigenvalue weighted by atomic mass is 9.79. The smallest absolute Gasteiger partial charge is 0.447 e. The molecule has 1 aromatic rings. The van der Waals surface area contributed by atoms with Gasteiger partial charge in [0.05, 0.1) is 10.4 Å². The largest absolute Gasteiger partial charge is 0.490 e. The molecule has 0 unspecified atom stereocenters. The van der Waals surface area contributed by atoms with Crippen LogP contribution >= 0.6 is 11.3 Å². The first-order valence-electron chi connectivity index (χ1n) is 7.49. The average Bonchev–Trinajstić information content (AvgIpc) is 2.99. The van der Waals surface area contributed by atoms with Gasteiger partial charge in [-0.15, -0.1) is 11.3 Å². The molecule has 0 bridgehead atoms. The number of halogens is 3. The predicted octanol–water partition coefficient (Wildman–Crippen LogP) is 2.03. The van der Waals surface area contributed by atoms with Crippen LogP contribution in [0.1, 0.15) is 30.6 Å². The van der Waals surface area contributed by atoms with E-state index in [0.29, 0.717) is 36.6 Å². The van der Waals surface area contributed by atoms with Crippen LogP contribution in [0.25, 0.3) is 0 Å². The van der Waals surface area contributed by atoms with Gasteiger partial charge in [-0.2, -0.15) is 13.2 Å². The summed E-state index contributed by atoms with van der Waals surface area (Å²) in [5.41, 5.74) is 6.11. The number of alkyl halides is 3. The Kier molecular flexibility index (Phi) is 4.37. The van der Waals surface area contributed by atoms with Crippen molar-refractivity contribution in [3.8, 4) is 0 Å². The van der Waals surface area contributed by atoms with Crippen molar-refractivity contribution in [2.75, 3.05) is 13.1 Å². The number of carbonyl (C=O) groups excluding carboxylic acids is 1. The molecule has 23 heavy (non-hydrogen) atoms. The number of thiazole rings is 1. The Morgan fingerprint density at radius 3 is 2.52 bits per heavy atom. The third-order valence-corrected chi connectivity index (χ3v) is 5.58. The fourth-order valence-corrected chi connectivity index (χ4v) is 4.17. The lowest BCUT2D eigenvalue weighted by molar-refractivity contribution is -0.219. The molecule has 128 valence electrons. The molecule has 1 saturated heterocycles. The van der Waals surface area contributed by atoms with Crippen LogP contribution in [0.3, 0.4) is 0 Å². The van der Waals surface area contributed by atoms with E-state index in [1.165, 1.54) is 17.5 Å². The molecule has 5 nitrogen and oxygen atoms in total. The summed E-state index contributed by atoms with van der Waals surface area (Å²) in [6.45, 7) is 1.64. The van der Waals surface area contributed by atoms with Crippen LogP contribution in [-0.2, 0) is 15.1 Å². The first-order valence-corrected chi connectivity index (χ1v) is 8.37. The van der Waals surface area contributed by atoms with E-state index in [9.17, 15) is 18.0 Å².